The normalized spacial score (nSPS) is 18.1. The molecule has 362 valence electrons. The molecule has 3 fully saturated rings. The summed E-state index contributed by atoms with van der Waals surface area (Å²) in [6.45, 7) is 5.56. The van der Waals surface area contributed by atoms with E-state index in [9.17, 15) is 23.7 Å². The van der Waals surface area contributed by atoms with E-state index in [0.717, 1.165) is 102 Å². The van der Waals surface area contributed by atoms with Crippen LogP contribution in [0.2, 0.25) is 5.02 Å². The Hall–Kier alpha value is -5.58. The van der Waals surface area contributed by atoms with Gasteiger partial charge in [-0.25, -0.2) is 4.98 Å². The number of amides is 4. The molecule has 17 nitrogen and oxygen atoms in total. The summed E-state index contributed by atoms with van der Waals surface area (Å²) >= 11 is 6.49. The van der Waals surface area contributed by atoms with Crippen molar-refractivity contribution in [1.82, 2.24) is 30.0 Å². The molecule has 4 aromatic rings. The molecule has 68 heavy (non-hydrogen) atoms. The van der Waals surface area contributed by atoms with Crippen LogP contribution in [0.4, 0.5) is 28.8 Å². The number of piperazine rings is 1. The van der Waals surface area contributed by atoms with Gasteiger partial charge in [0, 0.05) is 96.2 Å². The van der Waals surface area contributed by atoms with Crippen LogP contribution in [0.25, 0.3) is 0 Å². The summed E-state index contributed by atoms with van der Waals surface area (Å²) in [4.78, 5) is 67.7. The van der Waals surface area contributed by atoms with Crippen molar-refractivity contribution in [2.75, 3.05) is 76.1 Å². The molecule has 0 saturated carbocycles. The van der Waals surface area contributed by atoms with E-state index in [2.05, 4.69) is 47.9 Å². The molecule has 19 heteroatoms. The Morgan fingerprint density at radius 3 is 2.35 bits per heavy atom. The van der Waals surface area contributed by atoms with Gasteiger partial charge in [0.15, 0.2) is 5.82 Å². The average Bonchev–Trinajstić information content (AvgIpc) is 3.69. The number of hydrogen-bond donors (Lipinski definition) is 3. The van der Waals surface area contributed by atoms with E-state index in [1.165, 1.54) is 26.0 Å². The van der Waals surface area contributed by atoms with E-state index in [4.69, 9.17) is 25.4 Å². The number of ether oxygens (including phenoxy) is 1. The highest BCUT2D eigenvalue weighted by molar-refractivity contribution is 7.62. The zero-order chi connectivity index (χ0) is 47.8. The number of nitrogens with one attached hydrogen (secondary N) is 3. The van der Waals surface area contributed by atoms with Crippen LogP contribution < -0.4 is 30.9 Å². The van der Waals surface area contributed by atoms with Crippen LogP contribution in [0.15, 0.2) is 66.9 Å². The van der Waals surface area contributed by atoms with Gasteiger partial charge in [-0.15, -0.1) is 0 Å². The number of halogens is 1. The van der Waals surface area contributed by atoms with Crippen LogP contribution in [0.5, 0.6) is 5.75 Å². The average molecular weight is 971 g/mol. The van der Waals surface area contributed by atoms with Crippen molar-refractivity contribution in [3.05, 3.63) is 88.6 Å². The third-order valence-electron chi connectivity index (χ3n) is 13.6. The summed E-state index contributed by atoms with van der Waals surface area (Å²) in [6, 6.07) is 18.8. The number of imide groups is 1. The standard InChI is InChI=1S/C49H61ClN9O8P/c1-65-42-30-36(16-18-39(42)53-49-51-31-38(50)46(55-49)52-40-12-9-10-13-43(40)68(64,66-2)67-3)56-23-21-35(22-24-56)57-25-27-58(28-26-57)45(61)14-8-6-4-5-7-11-33-15-17-37-34(29-33)32-59(48(37)63)41-19-20-44(60)54-47(41)62/h9-10,12-13,15-18,29-31,35,41H,4-8,11,14,19-28,32H2,1-3H3,(H,54,60,62)(H2,51,52,53,55). The van der Waals surface area contributed by atoms with Gasteiger partial charge >= 0.3 is 7.60 Å². The van der Waals surface area contributed by atoms with Crippen molar-refractivity contribution < 1.29 is 37.5 Å². The zero-order valence-corrected chi connectivity index (χ0v) is 40.7. The number of hydrogen-bond acceptors (Lipinski definition) is 14. The first-order valence-corrected chi connectivity index (χ1v) is 25.5. The van der Waals surface area contributed by atoms with Crippen LogP contribution in [-0.2, 0) is 41.0 Å². The van der Waals surface area contributed by atoms with E-state index < -0.39 is 13.6 Å². The number of piperidine rings is 2. The summed E-state index contributed by atoms with van der Waals surface area (Å²) in [5.41, 5.74) is 4.99. The minimum Gasteiger partial charge on any atom is -0.494 e. The quantitative estimate of drug-likeness (QED) is 0.0487. The Bertz CT molecular complexity index is 2530. The van der Waals surface area contributed by atoms with E-state index in [-0.39, 0.29) is 41.0 Å². The molecule has 5 heterocycles. The van der Waals surface area contributed by atoms with Crippen LogP contribution in [0.1, 0.15) is 85.7 Å². The lowest BCUT2D eigenvalue weighted by Gasteiger charge is -2.43. The molecule has 4 amide bonds. The Balaban J connectivity index is 0.727. The van der Waals surface area contributed by atoms with Crippen LogP contribution in [0, 0.1) is 0 Å². The number of nitrogens with zero attached hydrogens (tertiary/aromatic N) is 6. The molecule has 8 rings (SSSR count). The molecule has 1 unspecified atom stereocenters. The lowest BCUT2D eigenvalue weighted by molar-refractivity contribution is -0.137. The fourth-order valence-electron chi connectivity index (χ4n) is 9.74. The molecular formula is C49H61ClN9O8P. The maximum Gasteiger partial charge on any atom is 0.362 e. The topological polar surface area (TPSA) is 188 Å². The third kappa shape index (κ3) is 11.3. The van der Waals surface area contributed by atoms with Crippen molar-refractivity contribution in [1.29, 1.82) is 0 Å². The van der Waals surface area contributed by atoms with Crippen molar-refractivity contribution >= 4 is 77.0 Å². The van der Waals surface area contributed by atoms with Crippen molar-refractivity contribution in [3.63, 3.8) is 0 Å². The number of aryl methyl sites for hydroxylation is 1. The predicted octanol–water partition coefficient (Wildman–Crippen LogP) is 7.19. The monoisotopic (exact) mass is 969 g/mol. The van der Waals surface area contributed by atoms with Gasteiger partial charge in [0.25, 0.3) is 5.91 Å². The van der Waals surface area contributed by atoms with Crippen molar-refractivity contribution in [2.45, 2.75) is 89.3 Å². The molecular weight excluding hydrogens is 909 g/mol. The van der Waals surface area contributed by atoms with Gasteiger partial charge in [-0.2, -0.15) is 4.98 Å². The Morgan fingerprint density at radius 2 is 1.60 bits per heavy atom. The van der Waals surface area contributed by atoms with Crippen molar-refractivity contribution in [2.24, 2.45) is 0 Å². The number of carbonyl (C=O) groups excluding carboxylic acids is 4. The number of benzene rings is 3. The Kier molecular flexibility index (Phi) is 16.0. The summed E-state index contributed by atoms with van der Waals surface area (Å²) in [7, 11) is 0.729. The van der Waals surface area contributed by atoms with E-state index in [1.54, 1.807) is 36.3 Å². The number of anilines is 5. The Morgan fingerprint density at radius 1 is 0.853 bits per heavy atom. The zero-order valence-electron chi connectivity index (χ0n) is 39.0. The molecule has 4 aliphatic heterocycles. The number of carbonyl (C=O) groups is 4. The summed E-state index contributed by atoms with van der Waals surface area (Å²) in [5, 5.41) is 9.38. The second kappa shape index (κ2) is 22.2. The van der Waals surface area contributed by atoms with Gasteiger partial charge in [-0.1, -0.05) is 55.1 Å². The highest BCUT2D eigenvalue weighted by atomic mass is 35.5. The number of unbranched alkanes of at least 4 members (excludes halogenated alkanes) is 4. The van der Waals surface area contributed by atoms with E-state index in [1.807, 2.05) is 29.2 Å². The minimum absolute atomic E-state index is 0.142. The molecule has 0 aliphatic carbocycles. The summed E-state index contributed by atoms with van der Waals surface area (Å²) in [5.74, 6) is 0.667. The van der Waals surface area contributed by atoms with Gasteiger partial charge in [-0.05, 0) is 80.0 Å². The second-order valence-corrected chi connectivity index (χ2v) is 20.3. The first-order chi connectivity index (χ1) is 33.0. The molecule has 0 spiro atoms. The molecule has 0 bridgehead atoms. The largest absolute Gasteiger partial charge is 0.494 e. The van der Waals surface area contributed by atoms with E-state index in [0.29, 0.717) is 59.2 Å². The molecule has 3 saturated heterocycles. The second-order valence-electron chi connectivity index (χ2n) is 17.7. The van der Waals surface area contributed by atoms with Crippen LogP contribution >= 0.6 is 19.2 Å². The predicted molar refractivity (Wildman–Crippen MR) is 262 cm³/mol. The Labute approximate surface area is 402 Å². The highest BCUT2D eigenvalue weighted by Crippen LogP contribution is 2.47. The van der Waals surface area contributed by atoms with Gasteiger partial charge in [0.2, 0.25) is 23.7 Å². The number of fused-ring (bicyclic) bond motifs is 1. The first-order valence-electron chi connectivity index (χ1n) is 23.6. The smallest absolute Gasteiger partial charge is 0.362 e. The molecule has 0 radical (unpaired) electrons. The minimum atomic E-state index is -3.57. The molecule has 4 aliphatic rings. The van der Waals surface area contributed by atoms with Crippen molar-refractivity contribution in [3.8, 4) is 5.75 Å². The number of aromatic nitrogens is 2. The molecule has 3 N–H and O–H groups in total. The lowest BCUT2D eigenvalue weighted by atomic mass is 10.0. The fraction of sp³-hybridized carbons (Fsp3) is 0.469. The third-order valence-corrected chi connectivity index (χ3v) is 15.8. The van der Waals surface area contributed by atoms with Crippen LogP contribution in [-0.4, -0.2) is 121 Å². The number of methoxy groups -OCH3 is 1. The van der Waals surface area contributed by atoms with Gasteiger partial charge < -0.3 is 39.1 Å². The maximum absolute atomic E-state index is 13.2. The van der Waals surface area contributed by atoms with E-state index >= 15 is 0 Å². The molecule has 1 atom stereocenters. The first kappa shape index (κ1) is 48.9. The molecule has 3 aromatic carbocycles. The fourth-order valence-corrected chi connectivity index (χ4v) is 11.1. The highest BCUT2D eigenvalue weighted by Gasteiger charge is 2.39. The lowest BCUT2D eigenvalue weighted by Crippen LogP contribution is -2.54. The van der Waals surface area contributed by atoms with Crippen LogP contribution in [0.3, 0.4) is 0 Å². The summed E-state index contributed by atoms with van der Waals surface area (Å²) < 4.78 is 29.5. The maximum atomic E-state index is 13.2. The van der Waals surface area contributed by atoms with Gasteiger partial charge in [0.1, 0.15) is 16.8 Å². The number of para-hydroxylation sites is 1. The SMILES string of the molecule is COc1cc(N2CCC(N3CCN(C(=O)CCCCCCCc4ccc5c(c4)CN(C4CCC(=O)NC4=O)C5=O)CC3)CC2)ccc1Nc1ncc(Cl)c(Nc2ccccc2P(=O)(OC)OC)n1. The van der Waals surface area contributed by atoms with Gasteiger partial charge in [0.05, 0.1) is 30.0 Å². The van der Waals surface area contributed by atoms with Gasteiger partial charge in [-0.3, -0.25) is 34.0 Å². The summed E-state index contributed by atoms with van der Waals surface area (Å²) in [6.07, 6.45) is 10.8. The number of rotatable bonds is 19. The molecule has 1 aromatic heterocycles.